The van der Waals surface area contributed by atoms with Crippen molar-refractivity contribution in [3.8, 4) is 11.3 Å². The third kappa shape index (κ3) is 4.03. The second kappa shape index (κ2) is 7.17. The summed E-state index contributed by atoms with van der Waals surface area (Å²) >= 11 is 0. The number of amides is 2. The molecular weight excluding hydrogens is 314 g/mol. The minimum absolute atomic E-state index is 0.243. The first-order valence-electron chi connectivity index (χ1n) is 8.08. The van der Waals surface area contributed by atoms with Crippen LogP contribution in [-0.2, 0) is 13.6 Å². The summed E-state index contributed by atoms with van der Waals surface area (Å²) < 4.78 is 1.76. The maximum Gasteiger partial charge on any atom is 0.319 e. The largest absolute Gasteiger partial charge is 0.332 e. The van der Waals surface area contributed by atoms with E-state index in [0.29, 0.717) is 6.54 Å². The van der Waals surface area contributed by atoms with E-state index in [1.165, 1.54) is 5.56 Å². The molecule has 0 radical (unpaired) electrons. The van der Waals surface area contributed by atoms with Crippen molar-refractivity contribution >= 4 is 11.7 Å². The summed E-state index contributed by atoms with van der Waals surface area (Å²) in [5.74, 6) is 0. The summed E-state index contributed by atoms with van der Waals surface area (Å²) in [5.41, 5.74) is 5.82. The number of pyridine rings is 1. The van der Waals surface area contributed by atoms with Crippen molar-refractivity contribution in [1.29, 1.82) is 0 Å². The molecule has 128 valence electrons. The van der Waals surface area contributed by atoms with Gasteiger partial charge in [0.1, 0.15) is 0 Å². The van der Waals surface area contributed by atoms with Gasteiger partial charge in [-0.3, -0.25) is 9.67 Å². The van der Waals surface area contributed by atoms with E-state index >= 15 is 0 Å². The molecule has 6 heteroatoms. The number of hydrogen-bond acceptors (Lipinski definition) is 3. The third-order valence-electron chi connectivity index (χ3n) is 4.13. The molecule has 2 N–H and O–H groups in total. The van der Waals surface area contributed by atoms with Crippen molar-refractivity contribution in [3.05, 3.63) is 65.6 Å². The Morgan fingerprint density at radius 2 is 2.00 bits per heavy atom. The van der Waals surface area contributed by atoms with Gasteiger partial charge in [-0.2, -0.15) is 5.10 Å². The Morgan fingerprint density at radius 1 is 1.16 bits per heavy atom. The van der Waals surface area contributed by atoms with Crippen molar-refractivity contribution in [2.45, 2.75) is 20.4 Å². The van der Waals surface area contributed by atoms with Crippen LogP contribution < -0.4 is 10.6 Å². The van der Waals surface area contributed by atoms with Crippen molar-refractivity contribution in [3.63, 3.8) is 0 Å². The topological polar surface area (TPSA) is 71.8 Å². The van der Waals surface area contributed by atoms with Crippen LogP contribution in [0.4, 0.5) is 10.5 Å². The van der Waals surface area contributed by atoms with Gasteiger partial charge in [-0.1, -0.05) is 6.07 Å². The van der Waals surface area contributed by atoms with Gasteiger partial charge >= 0.3 is 6.03 Å². The standard InChI is InChI=1S/C19H21N5O/c1-13-6-7-16(9-14(13)2)22-19(25)21-12-17-10-18(23-24(17)3)15-5-4-8-20-11-15/h4-11H,12H2,1-3H3,(H2,21,22,25). The number of anilines is 1. The van der Waals surface area contributed by atoms with E-state index < -0.39 is 0 Å². The lowest BCUT2D eigenvalue weighted by atomic mass is 10.1. The van der Waals surface area contributed by atoms with Crippen LogP contribution >= 0.6 is 0 Å². The molecule has 1 aromatic carbocycles. The fourth-order valence-corrected chi connectivity index (χ4v) is 2.49. The summed E-state index contributed by atoms with van der Waals surface area (Å²) in [6.45, 7) is 4.45. The zero-order valence-electron chi connectivity index (χ0n) is 14.6. The van der Waals surface area contributed by atoms with Gasteiger partial charge in [0.2, 0.25) is 0 Å². The van der Waals surface area contributed by atoms with Crippen LogP contribution in [0.3, 0.4) is 0 Å². The summed E-state index contributed by atoms with van der Waals surface area (Å²) in [6, 6.07) is 11.4. The highest BCUT2D eigenvalue weighted by molar-refractivity contribution is 5.89. The van der Waals surface area contributed by atoms with E-state index in [4.69, 9.17) is 0 Å². The number of urea groups is 1. The summed E-state index contributed by atoms with van der Waals surface area (Å²) in [4.78, 5) is 16.2. The Morgan fingerprint density at radius 3 is 2.72 bits per heavy atom. The predicted molar refractivity (Wildman–Crippen MR) is 98.2 cm³/mol. The van der Waals surface area contributed by atoms with Gasteiger partial charge in [0.15, 0.2) is 0 Å². The summed E-state index contributed by atoms with van der Waals surface area (Å²) in [7, 11) is 1.86. The van der Waals surface area contributed by atoms with E-state index in [0.717, 1.165) is 28.2 Å². The van der Waals surface area contributed by atoms with Crippen LogP contribution in [0, 0.1) is 13.8 Å². The van der Waals surface area contributed by atoms with Crippen molar-refractivity contribution in [1.82, 2.24) is 20.1 Å². The molecule has 25 heavy (non-hydrogen) atoms. The molecule has 2 aromatic heterocycles. The highest BCUT2D eigenvalue weighted by atomic mass is 16.2. The van der Waals surface area contributed by atoms with Gasteiger partial charge in [-0.05, 0) is 55.3 Å². The molecule has 3 rings (SSSR count). The van der Waals surface area contributed by atoms with Crippen molar-refractivity contribution in [2.24, 2.45) is 7.05 Å². The normalized spacial score (nSPS) is 10.5. The van der Waals surface area contributed by atoms with E-state index in [1.54, 1.807) is 17.1 Å². The van der Waals surface area contributed by atoms with Crippen LogP contribution in [0.1, 0.15) is 16.8 Å². The van der Waals surface area contributed by atoms with Gasteiger partial charge in [0.05, 0.1) is 17.9 Å². The minimum atomic E-state index is -0.243. The maximum absolute atomic E-state index is 12.1. The molecule has 2 heterocycles. The molecule has 0 aliphatic carbocycles. The van der Waals surface area contributed by atoms with Crippen LogP contribution in [0.2, 0.25) is 0 Å². The van der Waals surface area contributed by atoms with Crippen molar-refractivity contribution < 1.29 is 4.79 Å². The van der Waals surface area contributed by atoms with E-state index in [9.17, 15) is 4.79 Å². The number of rotatable bonds is 4. The molecule has 0 atom stereocenters. The molecule has 2 amide bonds. The SMILES string of the molecule is Cc1ccc(NC(=O)NCc2cc(-c3cccnc3)nn2C)cc1C. The Labute approximate surface area is 146 Å². The number of carbonyl (C=O) groups excluding carboxylic acids is 1. The Kier molecular flexibility index (Phi) is 4.79. The molecule has 0 saturated carbocycles. The summed E-state index contributed by atoms with van der Waals surface area (Å²) in [6.07, 6.45) is 3.50. The van der Waals surface area contributed by atoms with E-state index in [2.05, 4.69) is 20.7 Å². The number of aryl methyl sites for hydroxylation is 3. The second-order valence-electron chi connectivity index (χ2n) is 5.99. The Hall–Kier alpha value is -3.15. The lowest BCUT2D eigenvalue weighted by molar-refractivity contribution is 0.251. The quantitative estimate of drug-likeness (QED) is 0.767. The zero-order valence-corrected chi connectivity index (χ0v) is 14.6. The molecule has 6 nitrogen and oxygen atoms in total. The number of hydrogen-bond donors (Lipinski definition) is 2. The maximum atomic E-state index is 12.1. The van der Waals surface area contributed by atoms with Crippen molar-refractivity contribution in [2.75, 3.05) is 5.32 Å². The average Bonchev–Trinajstić information content (AvgIpc) is 2.98. The molecule has 0 bridgehead atoms. The molecular formula is C19H21N5O. The molecule has 0 spiro atoms. The van der Waals surface area contributed by atoms with Gasteiger partial charge in [-0.25, -0.2) is 4.79 Å². The minimum Gasteiger partial charge on any atom is -0.332 e. The van der Waals surface area contributed by atoms with Gasteiger partial charge in [-0.15, -0.1) is 0 Å². The zero-order chi connectivity index (χ0) is 17.8. The molecule has 3 aromatic rings. The first kappa shape index (κ1) is 16.7. The number of nitrogens with zero attached hydrogens (tertiary/aromatic N) is 3. The fraction of sp³-hybridized carbons (Fsp3) is 0.211. The second-order valence-corrected chi connectivity index (χ2v) is 5.99. The van der Waals surface area contributed by atoms with Crippen LogP contribution in [0.5, 0.6) is 0 Å². The highest BCUT2D eigenvalue weighted by Crippen LogP contribution is 2.17. The van der Waals surface area contributed by atoms with Crippen LogP contribution in [0.15, 0.2) is 48.8 Å². The van der Waals surface area contributed by atoms with E-state index in [1.807, 2.05) is 57.3 Å². The smallest absolute Gasteiger partial charge is 0.319 e. The van der Waals surface area contributed by atoms with Gasteiger partial charge < -0.3 is 10.6 Å². The predicted octanol–water partition coefficient (Wildman–Crippen LogP) is 3.42. The Balaban J connectivity index is 1.62. The number of nitrogens with one attached hydrogen (secondary N) is 2. The highest BCUT2D eigenvalue weighted by Gasteiger charge is 2.09. The lowest BCUT2D eigenvalue weighted by Gasteiger charge is -2.09. The summed E-state index contributed by atoms with van der Waals surface area (Å²) in [5, 5.41) is 10.2. The van der Waals surface area contributed by atoms with Gasteiger partial charge in [0.25, 0.3) is 0 Å². The first-order valence-corrected chi connectivity index (χ1v) is 8.08. The van der Waals surface area contributed by atoms with Crippen LogP contribution in [-0.4, -0.2) is 20.8 Å². The number of benzene rings is 1. The molecule has 0 saturated heterocycles. The third-order valence-corrected chi connectivity index (χ3v) is 4.13. The fourth-order valence-electron chi connectivity index (χ4n) is 2.49. The number of aromatic nitrogens is 3. The Bertz CT molecular complexity index is 886. The number of carbonyl (C=O) groups is 1. The van der Waals surface area contributed by atoms with E-state index in [-0.39, 0.29) is 6.03 Å². The molecule has 0 aliphatic heterocycles. The van der Waals surface area contributed by atoms with Crippen LogP contribution in [0.25, 0.3) is 11.3 Å². The average molecular weight is 335 g/mol. The molecule has 0 unspecified atom stereocenters. The molecule has 0 aliphatic rings. The lowest BCUT2D eigenvalue weighted by Crippen LogP contribution is -2.29. The first-order chi connectivity index (χ1) is 12.0. The molecule has 0 fully saturated rings. The van der Waals surface area contributed by atoms with Gasteiger partial charge in [0, 0.05) is 30.7 Å². The monoisotopic (exact) mass is 335 g/mol.